The number of rotatable bonds is 11. The van der Waals surface area contributed by atoms with Gasteiger partial charge in [-0.2, -0.15) is 0 Å². The largest absolute Gasteiger partial charge is 0.497 e. The first-order valence-corrected chi connectivity index (χ1v) is 11.8. The number of carbonyl (C=O) groups is 3. The molecule has 1 aliphatic heterocycles. The number of benzene rings is 2. The van der Waals surface area contributed by atoms with Crippen molar-refractivity contribution in [2.75, 3.05) is 52.8 Å². The lowest BCUT2D eigenvalue weighted by Gasteiger charge is -2.26. The summed E-state index contributed by atoms with van der Waals surface area (Å²) in [5.74, 6) is 0.819. The van der Waals surface area contributed by atoms with Gasteiger partial charge in [-0.25, -0.2) is 0 Å². The van der Waals surface area contributed by atoms with E-state index in [2.05, 4.69) is 15.5 Å². The number of likely N-dealkylation sites (tertiary alicyclic amines) is 1. The standard InChI is InChI=1S/C26H34N4O5/c1-29(2)26(33)23-9-5-15-30(23)16-6-14-27-25(32)19-10-12-21(13-11-19)35-18-24(31)28-20-7-4-8-22(17-20)34-3/h4,7-8,10-13,17,23H,5-6,9,14-16,18H2,1-3H3,(H,27,32)(H,28,31). The summed E-state index contributed by atoms with van der Waals surface area (Å²) in [6.07, 6.45) is 2.68. The Morgan fingerprint density at radius 1 is 1.09 bits per heavy atom. The van der Waals surface area contributed by atoms with Crippen LogP contribution in [0.15, 0.2) is 48.5 Å². The highest BCUT2D eigenvalue weighted by atomic mass is 16.5. The summed E-state index contributed by atoms with van der Waals surface area (Å²) in [6.45, 7) is 2.06. The molecule has 1 heterocycles. The second-order valence-corrected chi connectivity index (χ2v) is 8.63. The predicted octanol–water partition coefficient (Wildman–Crippen LogP) is 2.39. The van der Waals surface area contributed by atoms with E-state index in [0.29, 0.717) is 29.3 Å². The molecule has 2 aromatic carbocycles. The number of methoxy groups -OCH3 is 1. The maximum absolute atomic E-state index is 12.4. The molecular formula is C26H34N4O5. The molecule has 9 heteroatoms. The molecular weight excluding hydrogens is 448 g/mol. The zero-order chi connectivity index (χ0) is 25.2. The molecule has 0 saturated carbocycles. The van der Waals surface area contributed by atoms with E-state index in [0.717, 1.165) is 32.4 Å². The van der Waals surface area contributed by atoms with E-state index in [-0.39, 0.29) is 30.4 Å². The molecule has 3 rings (SSSR count). The third-order valence-electron chi connectivity index (χ3n) is 5.84. The van der Waals surface area contributed by atoms with Gasteiger partial charge in [0.2, 0.25) is 5.91 Å². The van der Waals surface area contributed by atoms with Crippen LogP contribution in [0.2, 0.25) is 0 Å². The Labute approximate surface area is 206 Å². The van der Waals surface area contributed by atoms with Crippen LogP contribution in [0.5, 0.6) is 11.5 Å². The van der Waals surface area contributed by atoms with Crippen molar-refractivity contribution in [3.05, 3.63) is 54.1 Å². The summed E-state index contributed by atoms with van der Waals surface area (Å²) < 4.78 is 10.7. The first-order chi connectivity index (χ1) is 16.9. The number of anilines is 1. The summed E-state index contributed by atoms with van der Waals surface area (Å²) in [4.78, 5) is 40.7. The Morgan fingerprint density at radius 3 is 2.57 bits per heavy atom. The van der Waals surface area contributed by atoms with Gasteiger partial charge in [-0.15, -0.1) is 0 Å². The molecule has 188 valence electrons. The third-order valence-corrected chi connectivity index (χ3v) is 5.84. The van der Waals surface area contributed by atoms with Gasteiger partial charge in [0.25, 0.3) is 11.8 Å². The minimum Gasteiger partial charge on any atom is -0.497 e. The van der Waals surface area contributed by atoms with E-state index in [1.165, 1.54) is 0 Å². The fourth-order valence-corrected chi connectivity index (χ4v) is 4.01. The topological polar surface area (TPSA) is 100 Å². The van der Waals surface area contributed by atoms with Crippen molar-refractivity contribution in [3.8, 4) is 11.5 Å². The Balaban J connectivity index is 1.37. The molecule has 0 radical (unpaired) electrons. The van der Waals surface area contributed by atoms with Crippen molar-refractivity contribution in [2.45, 2.75) is 25.3 Å². The molecule has 0 bridgehead atoms. The van der Waals surface area contributed by atoms with E-state index >= 15 is 0 Å². The summed E-state index contributed by atoms with van der Waals surface area (Å²) >= 11 is 0. The van der Waals surface area contributed by atoms with E-state index in [9.17, 15) is 14.4 Å². The number of ether oxygens (including phenoxy) is 2. The zero-order valence-corrected chi connectivity index (χ0v) is 20.6. The number of nitrogens with zero attached hydrogens (tertiary/aromatic N) is 2. The van der Waals surface area contributed by atoms with Crippen LogP contribution in [0.3, 0.4) is 0 Å². The highest BCUT2D eigenvalue weighted by Gasteiger charge is 2.31. The van der Waals surface area contributed by atoms with Crippen molar-refractivity contribution in [3.63, 3.8) is 0 Å². The average Bonchev–Trinajstić information content (AvgIpc) is 3.33. The summed E-state index contributed by atoms with van der Waals surface area (Å²) in [7, 11) is 5.13. The lowest BCUT2D eigenvalue weighted by atomic mass is 10.2. The Kier molecular flexibility index (Phi) is 9.48. The Bertz CT molecular complexity index is 1010. The Hall–Kier alpha value is -3.59. The minimum absolute atomic E-state index is 0.0501. The second-order valence-electron chi connectivity index (χ2n) is 8.63. The van der Waals surface area contributed by atoms with E-state index in [1.807, 2.05) is 0 Å². The van der Waals surface area contributed by atoms with Crippen molar-refractivity contribution in [1.82, 2.24) is 15.1 Å². The lowest BCUT2D eigenvalue weighted by molar-refractivity contribution is -0.133. The molecule has 0 aliphatic carbocycles. The van der Waals surface area contributed by atoms with Gasteiger partial charge < -0.3 is 25.0 Å². The maximum atomic E-state index is 12.4. The van der Waals surface area contributed by atoms with Gasteiger partial charge in [-0.3, -0.25) is 19.3 Å². The molecule has 3 amide bonds. The maximum Gasteiger partial charge on any atom is 0.262 e. The molecule has 1 atom stereocenters. The third kappa shape index (κ3) is 7.71. The molecule has 2 aromatic rings. The van der Waals surface area contributed by atoms with Crippen LogP contribution in [0.1, 0.15) is 29.6 Å². The van der Waals surface area contributed by atoms with Gasteiger partial charge in [-0.05, 0) is 62.2 Å². The molecule has 0 aromatic heterocycles. The van der Waals surface area contributed by atoms with Crippen LogP contribution < -0.4 is 20.1 Å². The number of likely N-dealkylation sites (N-methyl/N-ethyl adjacent to an activating group) is 1. The van der Waals surface area contributed by atoms with Crippen molar-refractivity contribution in [1.29, 1.82) is 0 Å². The van der Waals surface area contributed by atoms with Crippen molar-refractivity contribution < 1.29 is 23.9 Å². The van der Waals surface area contributed by atoms with Crippen molar-refractivity contribution in [2.24, 2.45) is 0 Å². The van der Waals surface area contributed by atoms with Gasteiger partial charge in [0, 0.05) is 44.5 Å². The summed E-state index contributed by atoms with van der Waals surface area (Å²) in [6, 6.07) is 13.7. The van der Waals surface area contributed by atoms with Gasteiger partial charge in [0.05, 0.1) is 13.2 Å². The highest BCUT2D eigenvalue weighted by Crippen LogP contribution is 2.19. The van der Waals surface area contributed by atoms with Crippen molar-refractivity contribution >= 4 is 23.4 Å². The number of carbonyl (C=O) groups excluding carboxylic acids is 3. The zero-order valence-electron chi connectivity index (χ0n) is 20.6. The first-order valence-electron chi connectivity index (χ1n) is 11.8. The molecule has 35 heavy (non-hydrogen) atoms. The minimum atomic E-state index is -0.299. The summed E-state index contributed by atoms with van der Waals surface area (Å²) in [5.41, 5.74) is 1.13. The highest BCUT2D eigenvalue weighted by molar-refractivity contribution is 5.94. The molecule has 1 fully saturated rings. The number of hydrogen-bond donors (Lipinski definition) is 2. The van der Waals surface area contributed by atoms with Gasteiger partial charge in [0.1, 0.15) is 11.5 Å². The number of hydrogen-bond acceptors (Lipinski definition) is 6. The predicted molar refractivity (Wildman–Crippen MR) is 134 cm³/mol. The molecule has 0 spiro atoms. The van der Waals surface area contributed by atoms with Crippen LogP contribution in [0.4, 0.5) is 5.69 Å². The molecule has 1 saturated heterocycles. The monoisotopic (exact) mass is 482 g/mol. The van der Waals surface area contributed by atoms with Crippen LogP contribution in [-0.2, 0) is 9.59 Å². The second kappa shape index (κ2) is 12.8. The SMILES string of the molecule is COc1cccc(NC(=O)COc2ccc(C(=O)NCCCN3CCCC3C(=O)N(C)C)cc2)c1. The molecule has 2 N–H and O–H groups in total. The lowest BCUT2D eigenvalue weighted by Crippen LogP contribution is -2.43. The van der Waals surface area contributed by atoms with E-state index < -0.39 is 0 Å². The van der Waals surface area contributed by atoms with Crippen LogP contribution >= 0.6 is 0 Å². The van der Waals surface area contributed by atoms with Gasteiger partial charge in [-0.1, -0.05) is 6.07 Å². The fraction of sp³-hybridized carbons (Fsp3) is 0.423. The van der Waals surface area contributed by atoms with Crippen LogP contribution in [0, 0.1) is 0 Å². The summed E-state index contributed by atoms with van der Waals surface area (Å²) in [5, 5.41) is 5.67. The van der Waals surface area contributed by atoms with E-state index in [4.69, 9.17) is 9.47 Å². The smallest absolute Gasteiger partial charge is 0.262 e. The number of amides is 3. The Morgan fingerprint density at radius 2 is 1.86 bits per heavy atom. The van der Waals surface area contributed by atoms with E-state index in [1.54, 1.807) is 74.6 Å². The van der Waals surface area contributed by atoms with Gasteiger partial charge >= 0.3 is 0 Å². The molecule has 9 nitrogen and oxygen atoms in total. The van der Waals surface area contributed by atoms with Gasteiger partial charge in [0.15, 0.2) is 6.61 Å². The quantitative estimate of drug-likeness (QED) is 0.477. The van der Waals surface area contributed by atoms with Crippen LogP contribution in [0.25, 0.3) is 0 Å². The normalized spacial score (nSPS) is 15.3. The molecule has 1 unspecified atom stereocenters. The number of nitrogens with one attached hydrogen (secondary N) is 2. The van der Waals surface area contributed by atoms with Crippen LogP contribution in [-0.4, -0.2) is 81.0 Å². The fourth-order valence-electron chi connectivity index (χ4n) is 4.01. The first kappa shape index (κ1) is 26.0. The average molecular weight is 483 g/mol. The molecule has 1 aliphatic rings.